The fourth-order valence-corrected chi connectivity index (χ4v) is 2.58. The van der Waals surface area contributed by atoms with Gasteiger partial charge < -0.3 is 9.64 Å². The van der Waals surface area contributed by atoms with Crippen LogP contribution in [0.25, 0.3) is 0 Å². The number of rotatable bonds is 3. The van der Waals surface area contributed by atoms with Gasteiger partial charge in [-0.05, 0) is 29.9 Å². The van der Waals surface area contributed by atoms with E-state index in [1.165, 1.54) is 18.8 Å². The largest absolute Gasteiger partial charge is 0.481 e. The Labute approximate surface area is 117 Å². The molecule has 2 heterocycles. The third kappa shape index (κ3) is 4.06. The van der Waals surface area contributed by atoms with E-state index in [0.29, 0.717) is 17.6 Å². The molecule has 0 bridgehead atoms. The minimum absolute atomic E-state index is 0.00773. The lowest BCUT2D eigenvalue weighted by atomic mass is 9.92. The Balaban J connectivity index is 1.85. The molecule has 5 nitrogen and oxygen atoms in total. The van der Waals surface area contributed by atoms with Crippen LogP contribution in [-0.2, 0) is 4.79 Å². The van der Waals surface area contributed by atoms with E-state index in [1.54, 1.807) is 0 Å². The van der Waals surface area contributed by atoms with Crippen molar-refractivity contribution in [2.24, 2.45) is 11.8 Å². The summed E-state index contributed by atoms with van der Waals surface area (Å²) in [6.45, 7) is 5.98. The highest BCUT2D eigenvalue weighted by atomic mass is 35.5. The summed E-state index contributed by atoms with van der Waals surface area (Å²) in [6, 6.07) is 0. The Morgan fingerprint density at radius 2 is 1.95 bits per heavy atom. The zero-order valence-corrected chi connectivity index (χ0v) is 11.9. The van der Waals surface area contributed by atoms with Crippen LogP contribution in [0.1, 0.15) is 20.3 Å². The van der Waals surface area contributed by atoms with Crippen LogP contribution in [0.3, 0.4) is 0 Å². The van der Waals surface area contributed by atoms with E-state index in [9.17, 15) is 4.79 Å². The predicted octanol–water partition coefficient (Wildman–Crippen LogP) is 2.01. The van der Waals surface area contributed by atoms with Crippen LogP contribution in [0, 0.1) is 11.8 Å². The fraction of sp³-hybridized carbons (Fsp3) is 0.615. The molecule has 0 N–H and O–H groups in total. The van der Waals surface area contributed by atoms with Gasteiger partial charge in [0.2, 0.25) is 5.28 Å². The molecule has 1 aromatic heterocycles. The van der Waals surface area contributed by atoms with Gasteiger partial charge in [-0.15, -0.1) is 0 Å². The van der Waals surface area contributed by atoms with Crippen LogP contribution in [-0.4, -0.2) is 40.5 Å². The van der Waals surface area contributed by atoms with Crippen LogP contribution in [0.15, 0.2) is 12.4 Å². The zero-order chi connectivity index (χ0) is 13.8. The molecule has 0 saturated carbocycles. The number of aromatic nitrogens is 2. The minimum atomic E-state index is 0.00773. The van der Waals surface area contributed by atoms with Gasteiger partial charge in [0.05, 0.1) is 12.4 Å². The van der Waals surface area contributed by atoms with Crippen LogP contribution in [0.5, 0.6) is 5.75 Å². The van der Waals surface area contributed by atoms with Gasteiger partial charge in [-0.3, -0.25) is 4.79 Å². The van der Waals surface area contributed by atoms with Gasteiger partial charge in [-0.25, -0.2) is 9.97 Å². The molecule has 2 unspecified atom stereocenters. The van der Waals surface area contributed by atoms with E-state index in [2.05, 4.69) is 23.8 Å². The van der Waals surface area contributed by atoms with Gasteiger partial charge in [-0.2, -0.15) is 0 Å². The van der Waals surface area contributed by atoms with E-state index >= 15 is 0 Å². The number of amides is 1. The Kier molecular flexibility index (Phi) is 4.58. The second-order valence-corrected chi connectivity index (χ2v) is 5.56. The number of halogens is 1. The highest BCUT2D eigenvalue weighted by Gasteiger charge is 2.25. The molecule has 0 aromatic carbocycles. The average molecular weight is 284 g/mol. The van der Waals surface area contributed by atoms with Crippen molar-refractivity contribution >= 4 is 17.5 Å². The molecular weight excluding hydrogens is 266 g/mol. The summed E-state index contributed by atoms with van der Waals surface area (Å²) in [5, 5.41) is 0.164. The summed E-state index contributed by atoms with van der Waals surface area (Å²) in [4.78, 5) is 21.5. The highest BCUT2D eigenvalue weighted by molar-refractivity contribution is 6.28. The van der Waals surface area contributed by atoms with Gasteiger partial charge >= 0.3 is 0 Å². The van der Waals surface area contributed by atoms with E-state index in [0.717, 1.165) is 13.1 Å². The lowest BCUT2D eigenvalue weighted by molar-refractivity contribution is -0.136. The number of carbonyl (C=O) groups excluding carboxylic acids is 1. The maximum Gasteiger partial charge on any atom is 0.260 e. The van der Waals surface area contributed by atoms with Crippen molar-refractivity contribution in [2.75, 3.05) is 19.7 Å². The third-order valence-corrected chi connectivity index (χ3v) is 3.38. The SMILES string of the molecule is CC1CC(C)CN(C(=O)COc2cnc(Cl)nc2)C1. The lowest BCUT2D eigenvalue weighted by Gasteiger charge is -2.34. The van der Waals surface area contributed by atoms with E-state index in [1.807, 2.05) is 4.90 Å². The van der Waals surface area contributed by atoms with Crippen molar-refractivity contribution in [3.63, 3.8) is 0 Å². The number of hydrogen-bond donors (Lipinski definition) is 0. The summed E-state index contributed by atoms with van der Waals surface area (Å²) in [7, 11) is 0. The van der Waals surface area contributed by atoms with Gasteiger partial charge in [0.15, 0.2) is 12.4 Å². The first kappa shape index (κ1) is 14.1. The van der Waals surface area contributed by atoms with Crippen molar-refractivity contribution in [1.82, 2.24) is 14.9 Å². The van der Waals surface area contributed by atoms with Gasteiger partial charge in [0, 0.05) is 13.1 Å². The summed E-state index contributed by atoms with van der Waals surface area (Å²) in [5.41, 5.74) is 0. The van der Waals surface area contributed by atoms with E-state index in [4.69, 9.17) is 16.3 Å². The second-order valence-electron chi connectivity index (χ2n) is 5.22. The van der Waals surface area contributed by atoms with E-state index < -0.39 is 0 Å². The molecule has 0 aliphatic carbocycles. The number of hydrogen-bond acceptors (Lipinski definition) is 4. The molecule has 6 heteroatoms. The molecule has 1 saturated heterocycles. The molecule has 1 amide bonds. The topological polar surface area (TPSA) is 55.3 Å². The van der Waals surface area contributed by atoms with Gasteiger partial charge in [0.25, 0.3) is 5.91 Å². The quantitative estimate of drug-likeness (QED) is 0.797. The van der Waals surface area contributed by atoms with Crippen molar-refractivity contribution in [2.45, 2.75) is 20.3 Å². The first-order valence-corrected chi connectivity index (χ1v) is 6.80. The maximum absolute atomic E-state index is 12.1. The number of piperidine rings is 1. The number of ether oxygens (including phenoxy) is 1. The lowest BCUT2D eigenvalue weighted by Crippen LogP contribution is -2.44. The summed E-state index contributed by atoms with van der Waals surface area (Å²) in [5.74, 6) is 1.56. The van der Waals surface area contributed by atoms with Gasteiger partial charge in [0.1, 0.15) is 0 Å². The molecule has 0 spiro atoms. The van der Waals surface area contributed by atoms with Crippen LogP contribution < -0.4 is 4.74 Å². The standard InChI is InChI=1S/C13H18ClN3O2/c1-9-3-10(2)7-17(6-9)12(18)8-19-11-4-15-13(14)16-5-11/h4-5,9-10H,3,6-8H2,1-2H3. The molecule has 2 atom stereocenters. The van der Waals surface area contributed by atoms with Crippen molar-refractivity contribution in [1.29, 1.82) is 0 Å². The summed E-state index contributed by atoms with van der Waals surface area (Å²) < 4.78 is 5.37. The van der Waals surface area contributed by atoms with Crippen molar-refractivity contribution in [3.05, 3.63) is 17.7 Å². The van der Waals surface area contributed by atoms with Gasteiger partial charge in [-0.1, -0.05) is 13.8 Å². The number of nitrogens with zero attached hydrogens (tertiary/aromatic N) is 3. The predicted molar refractivity (Wildman–Crippen MR) is 72.1 cm³/mol. The van der Waals surface area contributed by atoms with Crippen molar-refractivity contribution < 1.29 is 9.53 Å². The van der Waals surface area contributed by atoms with Crippen LogP contribution in [0.4, 0.5) is 0 Å². The molecule has 1 aliphatic heterocycles. The molecule has 104 valence electrons. The molecule has 1 aliphatic rings. The summed E-state index contributed by atoms with van der Waals surface area (Å²) in [6.07, 6.45) is 4.10. The van der Waals surface area contributed by atoms with Crippen LogP contribution in [0.2, 0.25) is 5.28 Å². The van der Waals surface area contributed by atoms with Crippen LogP contribution >= 0.6 is 11.6 Å². The third-order valence-electron chi connectivity index (χ3n) is 3.18. The number of carbonyl (C=O) groups is 1. The summed E-state index contributed by atoms with van der Waals surface area (Å²) >= 11 is 5.58. The second kappa shape index (κ2) is 6.19. The Bertz CT molecular complexity index is 428. The molecule has 1 aromatic rings. The molecule has 2 rings (SSSR count). The first-order valence-electron chi connectivity index (χ1n) is 6.42. The molecular formula is C13H18ClN3O2. The average Bonchev–Trinajstić information content (AvgIpc) is 2.36. The highest BCUT2D eigenvalue weighted by Crippen LogP contribution is 2.21. The monoisotopic (exact) mass is 283 g/mol. The molecule has 0 radical (unpaired) electrons. The molecule has 1 fully saturated rings. The maximum atomic E-state index is 12.1. The van der Waals surface area contributed by atoms with Crippen molar-refractivity contribution in [3.8, 4) is 5.75 Å². The molecule has 19 heavy (non-hydrogen) atoms. The zero-order valence-electron chi connectivity index (χ0n) is 11.2. The first-order chi connectivity index (χ1) is 9.04. The normalized spacial score (nSPS) is 23.2. The smallest absolute Gasteiger partial charge is 0.260 e. The Morgan fingerprint density at radius 3 is 2.53 bits per heavy atom. The fourth-order valence-electron chi connectivity index (χ4n) is 2.48. The van der Waals surface area contributed by atoms with E-state index in [-0.39, 0.29) is 17.8 Å². The minimum Gasteiger partial charge on any atom is -0.481 e. The Morgan fingerprint density at radius 1 is 1.37 bits per heavy atom. The number of likely N-dealkylation sites (tertiary alicyclic amines) is 1. The Hall–Kier alpha value is -1.36.